The zero-order valence-corrected chi connectivity index (χ0v) is 14.0. The van der Waals surface area contributed by atoms with Crippen LogP contribution in [0.2, 0.25) is 0 Å². The molecule has 0 fully saturated rings. The number of alkyl halides is 3. The van der Waals surface area contributed by atoms with Gasteiger partial charge < -0.3 is 0 Å². The van der Waals surface area contributed by atoms with Gasteiger partial charge in [0, 0.05) is 5.56 Å². The first-order chi connectivity index (χ1) is 10.8. The molecule has 3 nitrogen and oxygen atoms in total. The Hall–Kier alpha value is -1.89. The fourth-order valence-electron chi connectivity index (χ4n) is 2.33. The average Bonchev–Trinajstić information content (AvgIpc) is 2.83. The van der Waals surface area contributed by atoms with E-state index in [1.165, 1.54) is 12.4 Å². The normalized spacial score (nSPS) is 12.3. The number of rotatable bonds is 2. The van der Waals surface area contributed by atoms with Crippen molar-refractivity contribution in [2.24, 2.45) is 0 Å². The molecule has 0 amide bonds. The summed E-state index contributed by atoms with van der Waals surface area (Å²) in [7, 11) is 0. The van der Waals surface area contributed by atoms with E-state index >= 15 is 0 Å². The molecule has 0 N–H and O–H groups in total. The molecular formula is C16H13BrF3N3. The van der Waals surface area contributed by atoms with Crippen molar-refractivity contribution in [3.8, 4) is 11.3 Å². The van der Waals surface area contributed by atoms with Gasteiger partial charge in [0.05, 0.1) is 26.9 Å². The Morgan fingerprint density at radius 2 is 1.91 bits per heavy atom. The molecule has 0 bridgehead atoms. The van der Waals surface area contributed by atoms with Gasteiger partial charge in [-0.25, -0.2) is 9.50 Å². The minimum absolute atomic E-state index is 0.223. The number of nitrogens with zero attached hydrogens (tertiary/aromatic N) is 3. The van der Waals surface area contributed by atoms with Gasteiger partial charge in [0.2, 0.25) is 0 Å². The first-order valence-corrected chi connectivity index (χ1v) is 7.78. The third kappa shape index (κ3) is 2.97. The number of aromatic nitrogens is 3. The van der Waals surface area contributed by atoms with Gasteiger partial charge in [-0.3, -0.25) is 0 Å². The van der Waals surface area contributed by atoms with Crippen LogP contribution in [-0.2, 0) is 6.18 Å². The topological polar surface area (TPSA) is 30.2 Å². The van der Waals surface area contributed by atoms with Gasteiger partial charge in [0.1, 0.15) is 6.33 Å². The van der Waals surface area contributed by atoms with E-state index in [9.17, 15) is 13.2 Å². The van der Waals surface area contributed by atoms with E-state index in [0.29, 0.717) is 11.3 Å². The van der Waals surface area contributed by atoms with Crippen LogP contribution in [0.3, 0.4) is 0 Å². The standard InChI is InChI=1S/C16H13BrF3N3/c1-9(2)15-14(17)13-7-12(21-8-23(13)22-15)10-4-3-5-11(6-10)16(18,19)20/h3-9H,1-2H3. The summed E-state index contributed by atoms with van der Waals surface area (Å²) in [4.78, 5) is 4.23. The Bertz CT molecular complexity index is 869. The molecule has 120 valence electrons. The van der Waals surface area contributed by atoms with Crippen LogP contribution in [0.25, 0.3) is 16.8 Å². The summed E-state index contributed by atoms with van der Waals surface area (Å²) in [5.41, 5.74) is 1.86. The summed E-state index contributed by atoms with van der Waals surface area (Å²) < 4.78 is 41.0. The number of hydrogen-bond donors (Lipinski definition) is 0. The van der Waals surface area contributed by atoms with E-state index in [0.717, 1.165) is 27.8 Å². The fraction of sp³-hybridized carbons (Fsp3) is 0.250. The van der Waals surface area contributed by atoms with Crippen LogP contribution >= 0.6 is 15.9 Å². The van der Waals surface area contributed by atoms with E-state index in [2.05, 4.69) is 26.0 Å². The lowest BCUT2D eigenvalue weighted by atomic mass is 10.1. The number of fused-ring (bicyclic) bond motifs is 1. The molecule has 0 aliphatic carbocycles. The van der Waals surface area contributed by atoms with Crippen molar-refractivity contribution >= 4 is 21.4 Å². The maximum absolute atomic E-state index is 12.9. The molecule has 0 saturated heterocycles. The highest BCUT2D eigenvalue weighted by Crippen LogP contribution is 2.33. The molecule has 2 heterocycles. The second-order valence-electron chi connectivity index (χ2n) is 5.54. The SMILES string of the molecule is CC(C)c1nn2cnc(-c3cccc(C(F)(F)F)c3)cc2c1Br. The lowest BCUT2D eigenvalue weighted by Crippen LogP contribution is -2.04. The lowest BCUT2D eigenvalue weighted by Gasteiger charge is -2.08. The molecule has 0 spiro atoms. The summed E-state index contributed by atoms with van der Waals surface area (Å²) in [5.74, 6) is 0.223. The highest BCUT2D eigenvalue weighted by Gasteiger charge is 2.30. The number of benzene rings is 1. The summed E-state index contributed by atoms with van der Waals surface area (Å²) in [6.07, 6.45) is -2.86. The van der Waals surface area contributed by atoms with E-state index < -0.39 is 11.7 Å². The second kappa shape index (κ2) is 5.63. The Morgan fingerprint density at radius 1 is 1.17 bits per heavy atom. The monoisotopic (exact) mass is 383 g/mol. The van der Waals surface area contributed by atoms with E-state index in [4.69, 9.17) is 0 Å². The molecular weight excluding hydrogens is 371 g/mol. The Morgan fingerprint density at radius 3 is 2.57 bits per heavy atom. The van der Waals surface area contributed by atoms with Crippen molar-refractivity contribution in [1.29, 1.82) is 0 Å². The third-order valence-electron chi connectivity index (χ3n) is 3.52. The molecule has 7 heteroatoms. The van der Waals surface area contributed by atoms with Crippen molar-refractivity contribution in [1.82, 2.24) is 14.6 Å². The number of hydrogen-bond acceptors (Lipinski definition) is 2. The first kappa shape index (κ1) is 16.0. The van der Waals surface area contributed by atoms with Crippen LogP contribution in [0.4, 0.5) is 13.2 Å². The summed E-state index contributed by atoms with van der Waals surface area (Å²) in [6, 6.07) is 6.88. The highest BCUT2D eigenvalue weighted by molar-refractivity contribution is 9.10. The molecule has 3 aromatic rings. The Balaban J connectivity index is 2.12. The van der Waals surface area contributed by atoms with Crippen molar-refractivity contribution in [2.45, 2.75) is 25.9 Å². The predicted molar refractivity (Wildman–Crippen MR) is 85.2 cm³/mol. The van der Waals surface area contributed by atoms with Gasteiger partial charge in [0.15, 0.2) is 0 Å². The highest BCUT2D eigenvalue weighted by atomic mass is 79.9. The summed E-state index contributed by atoms with van der Waals surface area (Å²) in [6.45, 7) is 4.04. The molecule has 0 saturated carbocycles. The molecule has 0 radical (unpaired) electrons. The smallest absolute Gasteiger partial charge is 0.236 e. The van der Waals surface area contributed by atoms with Crippen molar-refractivity contribution in [3.05, 3.63) is 52.4 Å². The van der Waals surface area contributed by atoms with Crippen molar-refractivity contribution < 1.29 is 13.2 Å². The quantitative estimate of drug-likeness (QED) is 0.600. The van der Waals surface area contributed by atoms with Crippen molar-refractivity contribution in [3.63, 3.8) is 0 Å². The Kier molecular flexibility index (Phi) is 3.91. The van der Waals surface area contributed by atoms with Gasteiger partial charge in [-0.1, -0.05) is 26.0 Å². The van der Waals surface area contributed by atoms with Gasteiger partial charge in [-0.15, -0.1) is 0 Å². The van der Waals surface area contributed by atoms with E-state index in [-0.39, 0.29) is 5.92 Å². The molecule has 3 rings (SSSR count). The molecule has 2 aromatic heterocycles. The van der Waals surface area contributed by atoms with Crippen LogP contribution in [-0.4, -0.2) is 14.6 Å². The molecule has 0 unspecified atom stereocenters. The van der Waals surface area contributed by atoms with Gasteiger partial charge in [-0.2, -0.15) is 18.3 Å². The van der Waals surface area contributed by atoms with Gasteiger partial charge in [-0.05, 0) is 40.0 Å². The maximum atomic E-state index is 12.9. The average molecular weight is 384 g/mol. The third-order valence-corrected chi connectivity index (χ3v) is 4.34. The van der Waals surface area contributed by atoms with Crippen LogP contribution in [0.1, 0.15) is 31.0 Å². The predicted octanol–water partition coefficient (Wildman–Crippen LogP) is 5.30. The summed E-state index contributed by atoms with van der Waals surface area (Å²) >= 11 is 3.51. The van der Waals surface area contributed by atoms with Crippen LogP contribution in [0.15, 0.2) is 41.1 Å². The van der Waals surface area contributed by atoms with Crippen LogP contribution in [0.5, 0.6) is 0 Å². The van der Waals surface area contributed by atoms with Crippen LogP contribution in [0, 0.1) is 0 Å². The Labute approximate surface area is 139 Å². The van der Waals surface area contributed by atoms with Crippen LogP contribution < -0.4 is 0 Å². The van der Waals surface area contributed by atoms with Crippen molar-refractivity contribution in [2.75, 3.05) is 0 Å². The lowest BCUT2D eigenvalue weighted by molar-refractivity contribution is -0.137. The zero-order valence-electron chi connectivity index (χ0n) is 12.4. The minimum Gasteiger partial charge on any atom is -0.236 e. The van der Waals surface area contributed by atoms with Gasteiger partial charge in [0.25, 0.3) is 0 Å². The molecule has 0 aliphatic rings. The molecule has 0 atom stereocenters. The summed E-state index contributed by atoms with van der Waals surface area (Å²) in [5, 5.41) is 4.43. The molecule has 23 heavy (non-hydrogen) atoms. The second-order valence-corrected chi connectivity index (χ2v) is 6.33. The molecule has 1 aromatic carbocycles. The van der Waals surface area contributed by atoms with Gasteiger partial charge >= 0.3 is 6.18 Å². The number of halogens is 4. The van der Waals surface area contributed by atoms with E-state index in [1.54, 1.807) is 16.6 Å². The zero-order chi connectivity index (χ0) is 16.8. The molecule has 0 aliphatic heterocycles. The van der Waals surface area contributed by atoms with E-state index in [1.807, 2.05) is 13.8 Å². The largest absolute Gasteiger partial charge is 0.416 e. The minimum atomic E-state index is -4.37. The maximum Gasteiger partial charge on any atom is 0.416 e. The fourth-order valence-corrected chi connectivity index (χ4v) is 3.16. The first-order valence-electron chi connectivity index (χ1n) is 6.99.